The minimum Gasteiger partial charge on any atom is -0.267 e. The summed E-state index contributed by atoms with van der Waals surface area (Å²) in [6.07, 6.45) is 2.97. The van der Waals surface area contributed by atoms with Gasteiger partial charge in [-0.1, -0.05) is 41.9 Å². The van der Waals surface area contributed by atoms with Gasteiger partial charge in [0, 0.05) is 23.0 Å². The minimum atomic E-state index is -0.510. The molecule has 148 valence electrons. The largest absolute Gasteiger partial charge is 0.288 e. The number of pyridine rings is 1. The Hall–Kier alpha value is -3.97. The van der Waals surface area contributed by atoms with Gasteiger partial charge in [-0.25, -0.2) is 4.68 Å². The van der Waals surface area contributed by atoms with Gasteiger partial charge in [0.2, 0.25) is 0 Å². The lowest BCUT2D eigenvalue weighted by Gasteiger charge is -2.09. The molecule has 2 heterocycles. The first-order valence-electron chi connectivity index (χ1n) is 9.04. The summed E-state index contributed by atoms with van der Waals surface area (Å²) in [5.74, 6) is -0.982. The first-order chi connectivity index (χ1) is 14.6. The van der Waals surface area contributed by atoms with Gasteiger partial charge in [-0.3, -0.25) is 25.4 Å². The van der Waals surface area contributed by atoms with E-state index in [2.05, 4.69) is 20.9 Å². The molecule has 0 saturated carbocycles. The van der Waals surface area contributed by atoms with E-state index in [0.717, 1.165) is 5.56 Å². The highest BCUT2D eigenvalue weighted by Crippen LogP contribution is 2.23. The fourth-order valence-electron chi connectivity index (χ4n) is 2.82. The molecule has 4 rings (SSSR count). The van der Waals surface area contributed by atoms with E-state index < -0.39 is 11.8 Å². The number of hydrogen-bond acceptors (Lipinski definition) is 4. The van der Waals surface area contributed by atoms with Crippen molar-refractivity contribution in [2.24, 2.45) is 0 Å². The van der Waals surface area contributed by atoms with Crippen molar-refractivity contribution < 1.29 is 9.59 Å². The fraction of sp³-hybridized carbons (Fsp3) is 0. The summed E-state index contributed by atoms with van der Waals surface area (Å²) >= 11 is 5.97. The van der Waals surface area contributed by atoms with Crippen LogP contribution in [0.1, 0.15) is 20.8 Å². The van der Waals surface area contributed by atoms with Gasteiger partial charge in [-0.15, -0.1) is 0 Å². The molecule has 0 aliphatic carbocycles. The van der Waals surface area contributed by atoms with Gasteiger partial charge in [0.1, 0.15) is 5.69 Å². The fourth-order valence-corrected chi connectivity index (χ4v) is 2.94. The van der Waals surface area contributed by atoms with Gasteiger partial charge in [0.05, 0.1) is 16.9 Å². The summed E-state index contributed by atoms with van der Waals surface area (Å²) in [7, 11) is 0. The van der Waals surface area contributed by atoms with Crippen LogP contribution in [-0.2, 0) is 0 Å². The lowest BCUT2D eigenvalue weighted by molar-refractivity contribution is 0.0842. The lowest BCUT2D eigenvalue weighted by Crippen LogP contribution is -2.42. The molecule has 2 aromatic carbocycles. The average Bonchev–Trinajstić information content (AvgIpc) is 3.24. The Labute approximate surface area is 177 Å². The van der Waals surface area contributed by atoms with Crippen LogP contribution >= 0.6 is 11.6 Å². The molecule has 0 radical (unpaired) electrons. The molecule has 0 bridgehead atoms. The van der Waals surface area contributed by atoms with Crippen molar-refractivity contribution in [2.45, 2.75) is 0 Å². The van der Waals surface area contributed by atoms with Gasteiger partial charge >= 0.3 is 0 Å². The van der Waals surface area contributed by atoms with E-state index in [-0.39, 0.29) is 5.69 Å². The Balaban J connectivity index is 1.63. The van der Waals surface area contributed by atoms with Crippen LogP contribution in [0.15, 0.2) is 85.2 Å². The Kier molecular flexibility index (Phi) is 5.54. The summed E-state index contributed by atoms with van der Waals surface area (Å²) < 4.78 is 1.52. The quantitative estimate of drug-likeness (QED) is 0.496. The standard InChI is InChI=1S/C22H16ClN5O2/c23-17-10-8-15(9-11-17)19-13-20(28(27-19)18-6-2-1-3-7-18)22(30)26-25-21(29)16-5-4-12-24-14-16/h1-14H,(H,25,29)(H,26,30). The number of amides is 2. The highest BCUT2D eigenvalue weighted by atomic mass is 35.5. The summed E-state index contributed by atoms with van der Waals surface area (Å²) in [5, 5.41) is 5.19. The Morgan fingerprint density at radius 1 is 0.867 bits per heavy atom. The lowest BCUT2D eigenvalue weighted by atomic mass is 10.1. The van der Waals surface area contributed by atoms with Crippen LogP contribution in [0, 0.1) is 0 Å². The van der Waals surface area contributed by atoms with E-state index in [1.54, 1.807) is 36.5 Å². The van der Waals surface area contributed by atoms with E-state index in [1.165, 1.54) is 10.9 Å². The van der Waals surface area contributed by atoms with Crippen molar-refractivity contribution in [2.75, 3.05) is 0 Å². The van der Waals surface area contributed by atoms with Crippen LogP contribution in [0.25, 0.3) is 16.9 Å². The molecule has 8 heteroatoms. The highest BCUT2D eigenvalue weighted by Gasteiger charge is 2.18. The number of nitrogens with zero attached hydrogens (tertiary/aromatic N) is 3. The van der Waals surface area contributed by atoms with Crippen molar-refractivity contribution in [1.82, 2.24) is 25.6 Å². The predicted molar refractivity (Wildman–Crippen MR) is 113 cm³/mol. The molecule has 0 aliphatic rings. The monoisotopic (exact) mass is 417 g/mol. The summed E-state index contributed by atoms with van der Waals surface area (Å²) in [6, 6.07) is 21.3. The summed E-state index contributed by atoms with van der Waals surface area (Å²) in [4.78, 5) is 28.9. The normalized spacial score (nSPS) is 10.4. The molecule has 0 atom stereocenters. The van der Waals surface area contributed by atoms with Crippen molar-refractivity contribution in [1.29, 1.82) is 0 Å². The molecular formula is C22H16ClN5O2. The number of benzene rings is 2. The maximum absolute atomic E-state index is 12.8. The van der Waals surface area contributed by atoms with Crippen molar-refractivity contribution >= 4 is 23.4 Å². The molecular weight excluding hydrogens is 402 g/mol. The molecule has 0 spiro atoms. The Bertz CT molecular complexity index is 1180. The van der Waals surface area contributed by atoms with E-state index in [9.17, 15) is 9.59 Å². The second-order valence-corrected chi connectivity index (χ2v) is 6.76. The highest BCUT2D eigenvalue weighted by molar-refractivity contribution is 6.30. The smallest absolute Gasteiger partial charge is 0.267 e. The van der Waals surface area contributed by atoms with E-state index >= 15 is 0 Å². The van der Waals surface area contributed by atoms with Crippen LogP contribution in [0.2, 0.25) is 5.02 Å². The molecule has 30 heavy (non-hydrogen) atoms. The second-order valence-electron chi connectivity index (χ2n) is 6.32. The third-order valence-electron chi connectivity index (χ3n) is 4.30. The molecule has 0 aliphatic heterocycles. The van der Waals surface area contributed by atoms with Crippen molar-refractivity contribution in [3.8, 4) is 16.9 Å². The molecule has 0 unspecified atom stereocenters. The SMILES string of the molecule is O=C(NNC(=O)c1cc(-c2ccc(Cl)cc2)nn1-c1ccccc1)c1cccnc1. The maximum Gasteiger partial charge on any atom is 0.288 e. The van der Waals surface area contributed by atoms with Gasteiger partial charge in [0.25, 0.3) is 11.8 Å². The average molecular weight is 418 g/mol. The molecule has 7 nitrogen and oxygen atoms in total. The van der Waals surface area contributed by atoms with Gasteiger partial charge in [-0.05, 0) is 42.5 Å². The van der Waals surface area contributed by atoms with E-state index in [4.69, 9.17) is 11.6 Å². The molecule has 2 amide bonds. The molecule has 4 aromatic rings. The number of hydrazine groups is 1. The van der Waals surface area contributed by atoms with E-state index in [0.29, 0.717) is 22.0 Å². The Morgan fingerprint density at radius 2 is 1.60 bits per heavy atom. The molecule has 0 saturated heterocycles. The molecule has 2 N–H and O–H groups in total. The van der Waals surface area contributed by atoms with Crippen molar-refractivity contribution in [3.63, 3.8) is 0 Å². The third kappa shape index (κ3) is 4.21. The minimum absolute atomic E-state index is 0.262. The van der Waals surface area contributed by atoms with Crippen LogP contribution < -0.4 is 10.9 Å². The number of nitrogens with one attached hydrogen (secondary N) is 2. The van der Waals surface area contributed by atoms with Crippen LogP contribution in [0.5, 0.6) is 0 Å². The van der Waals surface area contributed by atoms with Gasteiger partial charge in [0.15, 0.2) is 0 Å². The number of rotatable bonds is 4. The van der Waals surface area contributed by atoms with Gasteiger partial charge < -0.3 is 0 Å². The number of carbonyl (C=O) groups is 2. The molecule has 0 fully saturated rings. The van der Waals surface area contributed by atoms with Crippen LogP contribution in [0.4, 0.5) is 0 Å². The first-order valence-corrected chi connectivity index (χ1v) is 9.42. The zero-order valence-corrected chi connectivity index (χ0v) is 16.4. The number of para-hydroxylation sites is 1. The number of carbonyl (C=O) groups excluding carboxylic acids is 2. The van der Waals surface area contributed by atoms with Gasteiger partial charge in [-0.2, -0.15) is 5.10 Å². The second kappa shape index (κ2) is 8.59. The Morgan fingerprint density at radius 3 is 2.30 bits per heavy atom. The summed E-state index contributed by atoms with van der Waals surface area (Å²) in [6.45, 7) is 0. The molecule has 2 aromatic heterocycles. The zero-order chi connectivity index (χ0) is 20.9. The third-order valence-corrected chi connectivity index (χ3v) is 4.55. The topological polar surface area (TPSA) is 88.9 Å². The summed E-state index contributed by atoms with van der Waals surface area (Å²) in [5.41, 5.74) is 7.53. The number of hydrogen-bond donors (Lipinski definition) is 2. The van der Waals surface area contributed by atoms with Crippen LogP contribution in [0.3, 0.4) is 0 Å². The first kappa shape index (κ1) is 19.4. The zero-order valence-electron chi connectivity index (χ0n) is 15.6. The van der Waals surface area contributed by atoms with Crippen LogP contribution in [-0.4, -0.2) is 26.6 Å². The predicted octanol–water partition coefficient (Wildman–Crippen LogP) is 3.66. The van der Waals surface area contributed by atoms with E-state index in [1.807, 2.05) is 42.5 Å². The number of aromatic nitrogens is 3. The van der Waals surface area contributed by atoms with Crippen molar-refractivity contribution in [3.05, 3.63) is 101 Å². The number of halogens is 1. The maximum atomic E-state index is 12.8.